The van der Waals surface area contributed by atoms with Crippen molar-refractivity contribution >= 4 is 33.0 Å². The summed E-state index contributed by atoms with van der Waals surface area (Å²) in [5.41, 5.74) is 2.14. The SMILES string of the molecule is COc1ccc2sc3c(c2c1)NC[C@H](Cc1ccccc1)NC3=O. The van der Waals surface area contributed by atoms with Gasteiger partial charge in [-0.3, -0.25) is 4.79 Å². The second-order valence-electron chi connectivity index (χ2n) is 5.91. The molecule has 4 rings (SSSR count). The predicted octanol–water partition coefficient (Wildman–Crippen LogP) is 3.68. The quantitative estimate of drug-likeness (QED) is 0.766. The zero-order valence-corrected chi connectivity index (χ0v) is 14.2. The highest BCUT2D eigenvalue weighted by molar-refractivity contribution is 7.21. The molecule has 1 atom stereocenters. The molecule has 0 saturated heterocycles. The number of amides is 1. The zero-order chi connectivity index (χ0) is 16.5. The molecule has 1 aliphatic heterocycles. The molecule has 0 unspecified atom stereocenters. The maximum Gasteiger partial charge on any atom is 0.263 e. The van der Waals surface area contributed by atoms with Crippen molar-refractivity contribution in [3.63, 3.8) is 0 Å². The van der Waals surface area contributed by atoms with Gasteiger partial charge < -0.3 is 15.4 Å². The molecule has 0 bridgehead atoms. The van der Waals surface area contributed by atoms with Crippen LogP contribution in [0.2, 0.25) is 0 Å². The molecule has 2 heterocycles. The first-order valence-corrected chi connectivity index (χ1v) is 8.75. The van der Waals surface area contributed by atoms with Gasteiger partial charge in [0.15, 0.2) is 0 Å². The van der Waals surface area contributed by atoms with E-state index in [0.717, 1.165) is 32.8 Å². The highest BCUT2D eigenvalue weighted by Gasteiger charge is 2.25. The Bertz CT molecular complexity index is 889. The molecule has 2 N–H and O–H groups in total. The highest BCUT2D eigenvalue weighted by Crippen LogP contribution is 2.38. The van der Waals surface area contributed by atoms with Gasteiger partial charge in [0.05, 0.1) is 18.8 Å². The Morgan fingerprint density at radius 1 is 1.21 bits per heavy atom. The number of carbonyl (C=O) groups excluding carboxylic acids is 1. The van der Waals surface area contributed by atoms with E-state index in [4.69, 9.17) is 4.74 Å². The molecule has 0 spiro atoms. The number of thiophene rings is 1. The van der Waals surface area contributed by atoms with E-state index in [1.54, 1.807) is 7.11 Å². The van der Waals surface area contributed by atoms with Crippen LogP contribution in [0.3, 0.4) is 0 Å². The van der Waals surface area contributed by atoms with Crippen molar-refractivity contribution in [1.82, 2.24) is 5.32 Å². The lowest BCUT2D eigenvalue weighted by atomic mass is 10.1. The summed E-state index contributed by atoms with van der Waals surface area (Å²) in [5.74, 6) is 0.798. The van der Waals surface area contributed by atoms with Crippen molar-refractivity contribution in [1.29, 1.82) is 0 Å². The number of benzene rings is 2. The predicted molar refractivity (Wildman–Crippen MR) is 98.3 cm³/mol. The van der Waals surface area contributed by atoms with Gasteiger partial charge in [-0.05, 0) is 30.2 Å². The number of ether oxygens (including phenoxy) is 1. The average molecular weight is 338 g/mol. The number of anilines is 1. The highest BCUT2D eigenvalue weighted by atomic mass is 32.1. The average Bonchev–Trinajstić information content (AvgIpc) is 2.90. The third kappa shape index (κ3) is 2.71. The van der Waals surface area contributed by atoms with Crippen LogP contribution in [0.25, 0.3) is 10.1 Å². The summed E-state index contributed by atoms with van der Waals surface area (Å²) >= 11 is 1.52. The molecular weight excluding hydrogens is 320 g/mol. The van der Waals surface area contributed by atoms with Gasteiger partial charge >= 0.3 is 0 Å². The van der Waals surface area contributed by atoms with Crippen LogP contribution in [0.4, 0.5) is 5.69 Å². The van der Waals surface area contributed by atoms with Gasteiger partial charge in [0.25, 0.3) is 5.91 Å². The first kappa shape index (κ1) is 15.0. The third-order valence-corrected chi connectivity index (χ3v) is 5.46. The third-order valence-electron chi connectivity index (χ3n) is 4.29. The number of carbonyl (C=O) groups is 1. The minimum atomic E-state index is -0.00361. The van der Waals surface area contributed by atoms with Crippen molar-refractivity contribution in [2.75, 3.05) is 19.0 Å². The Kier molecular flexibility index (Phi) is 3.86. The number of fused-ring (bicyclic) bond motifs is 3. The largest absolute Gasteiger partial charge is 0.497 e. The molecule has 24 heavy (non-hydrogen) atoms. The fraction of sp³-hybridized carbons (Fsp3) is 0.211. The normalized spacial score (nSPS) is 16.9. The molecule has 0 saturated carbocycles. The maximum absolute atomic E-state index is 12.7. The molecule has 5 heteroatoms. The van der Waals surface area contributed by atoms with E-state index in [-0.39, 0.29) is 11.9 Å². The van der Waals surface area contributed by atoms with E-state index in [0.29, 0.717) is 6.54 Å². The number of rotatable bonds is 3. The lowest BCUT2D eigenvalue weighted by Gasteiger charge is -2.16. The van der Waals surface area contributed by atoms with Crippen molar-refractivity contribution in [3.05, 3.63) is 59.0 Å². The Morgan fingerprint density at radius 2 is 2.04 bits per heavy atom. The second kappa shape index (κ2) is 6.17. The van der Waals surface area contributed by atoms with Crippen molar-refractivity contribution < 1.29 is 9.53 Å². The molecule has 0 radical (unpaired) electrons. The van der Waals surface area contributed by atoms with E-state index in [1.807, 2.05) is 36.4 Å². The lowest BCUT2D eigenvalue weighted by Crippen LogP contribution is -2.38. The smallest absolute Gasteiger partial charge is 0.263 e. The summed E-state index contributed by atoms with van der Waals surface area (Å²) < 4.78 is 6.41. The standard InChI is InChI=1S/C19H18N2O2S/c1-23-14-7-8-16-15(10-14)17-18(24-16)19(22)21-13(11-20-17)9-12-5-3-2-4-6-12/h2-8,10,13,20H,9,11H2,1H3,(H,21,22)/t13-/m0/s1. The van der Waals surface area contributed by atoms with Gasteiger partial charge in [0.2, 0.25) is 0 Å². The van der Waals surface area contributed by atoms with Crippen LogP contribution in [0, 0.1) is 0 Å². The summed E-state index contributed by atoms with van der Waals surface area (Å²) in [5, 5.41) is 7.67. The summed E-state index contributed by atoms with van der Waals surface area (Å²) in [4.78, 5) is 13.4. The second-order valence-corrected chi connectivity index (χ2v) is 6.96. The van der Waals surface area contributed by atoms with E-state index >= 15 is 0 Å². The number of hydrogen-bond acceptors (Lipinski definition) is 4. The molecule has 2 aromatic carbocycles. The van der Waals surface area contributed by atoms with Crippen LogP contribution in [0.15, 0.2) is 48.5 Å². The van der Waals surface area contributed by atoms with Crippen LogP contribution in [0.1, 0.15) is 15.2 Å². The summed E-state index contributed by atoms with van der Waals surface area (Å²) in [6.07, 6.45) is 0.815. The molecule has 3 aromatic rings. The van der Waals surface area contributed by atoms with Crippen molar-refractivity contribution in [3.8, 4) is 5.75 Å². The van der Waals surface area contributed by atoms with Gasteiger partial charge in [0.1, 0.15) is 10.6 Å². The van der Waals surface area contributed by atoms with E-state index in [9.17, 15) is 4.79 Å². The van der Waals surface area contributed by atoms with Crippen LogP contribution < -0.4 is 15.4 Å². The minimum Gasteiger partial charge on any atom is -0.497 e. The Labute approximate surface area is 144 Å². The molecule has 122 valence electrons. The van der Waals surface area contributed by atoms with Crippen LogP contribution in [0.5, 0.6) is 5.75 Å². The van der Waals surface area contributed by atoms with Gasteiger partial charge in [-0.25, -0.2) is 0 Å². The molecule has 1 aromatic heterocycles. The number of hydrogen-bond donors (Lipinski definition) is 2. The summed E-state index contributed by atoms with van der Waals surface area (Å²) in [6, 6.07) is 16.2. The molecule has 4 nitrogen and oxygen atoms in total. The fourth-order valence-corrected chi connectivity index (χ4v) is 4.15. The molecular formula is C19H18N2O2S. The van der Waals surface area contributed by atoms with Crippen LogP contribution in [-0.2, 0) is 6.42 Å². The van der Waals surface area contributed by atoms with Crippen molar-refractivity contribution in [2.24, 2.45) is 0 Å². The van der Waals surface area contributed by atoms with E-state index in [1.165, 1.54) is 16.9 Å². The summed E-state index contributed by atoms with van der Waals surface area (Å²) in [6.45, 7) is 0.705. The maximum atomic E-state index is 12.7. The van der Waals surface area contributed by atoms with Gasteiger partial charge in [-0.2, -0.15) is 0 Å². The van der Waals surface area contributed by atoms with Crippen LogP contribution >= 0.6 is 11.3 Å². The van der Waals surface area contributed by atoms with Crippen molar-refractivity contribution in [2.45, 2.75) is 12.5 Å². The van der Waals surface area contributed by atoms with E-state index < -0.39 is 0 Å². The first-order chi connectivity index (χ1) is 11.7. The van der Waals surface area contributed by atoms with Gasteiger partial charge in [-0.1, -0.05) is 30.3 Å². The number of methoxy groups -OCH3 is 1. The monoisotopic (exact) mass is 338 g/mol. The molecule has 1 aliphatic rings. The molecule has 1 amide bonds. The Morgan fingerprint density at radius 3 is 2.83 bits per heavy atom. The van der Waals surface area contributed by atoms with Crippen LogP contribution in [-0.4, -0.2) is 25.6 Å². The molecule has 0 fully saturated rings. The first-order valence-electron chi connectivity index (χ1n) is 7.94. The number of nitrogens with one attached hydrogen (secondary N) is 2. The topological polar surface area (TPSA) is 50.4 Å². The Hall–Kier alpha value is -2.53. The zero-order valence-electron chi connectivity index (χ0n) is 13.3. The minimum absolute atomic E-state index is 0.00361. The van der Waals surface area contributed by atoms with Gasteiger partial charge in [0, 0.05) is 16.6 Å². The lowest BCUT2D eigenvalue weighted by molar-refractivity contribution is 0.0946. The van der Waals surface area contributed by atoms with E-state index in [2.05, 4.69) is 22.8 Å². The fourth-order valence-electron chi connectivity index (χ4n) is 3.09. The summed E-state index contributed by atoms with van der Waals surface area (Å²) in [7, 11) is 1.65. The van der Waals surface area contributed by atoms with Gasteiger partial charge in [-0.15, -0.1) is 11.3 Å². The Balaban J connectivity index is 1.64. The molecule has 0 aliphatic carbocycles.